The molecular weight excluding hydrogens is 340 g/mol. The van der Waals surface area contributed by atoms with Gasteiger partial charge in [0.25, 0.3) is 5.91 Å². The molecule has 1 aromatic rings. The number of ether oxygens (including phenoxy) is 1. The van der Waals surface area contributed by atoms with Crippen LogP contribution >= 0.6 is 11.3 Å². The molecule has 2 unspecified atom stereocenters. The zero-order valence-electron chi connectivity index (χ0n) is 15.5. The Morgan fingerprint density at radius 3 is 2.36 bits per heavy atom. The molecule has 1 aliphatic rings. The maximum atomic E-state index is 12.5. The number of amides is 2. The smallest absolute Gasteiger partial charge is 0.341 e. The molecule has 0 aliphatic carbocycles. The summed E-state index contributed by atoms with van der Waals surface area (Å²) in [7, 11) is 0. The molecule has 1 aromatic heterocycles. The zero-order chi connectivity index (χ0) is 18.7. The van der Waals surface area contributed by atoms with Crippen LogP contribution in [0, 0.1) is 13.8 Å². The fourth-order valence-corrected chi connectivity index (χ4v) is 4.40. The summed E-state index contributed by atoms with van der Waals surface area (Å²) in [4.78, 5) is 39.1. The number of nitrogens with one attached hydrogen (secondary N) is 1. The first-order valence-corrected chi connectivity index (χ1v) is 9.39. The topological polar surface area (TPSA) is 75.7 Å². The highest BCUT2D eigenvalue weighted by atomic mass is 32.1. The predicted molar refractivity (Wildman–Crippen MR) is 98.0 cm³/mol. The summed E-state index contributed by atoms with van der Waals surface area (Å²) in [5.41, 5.74) is 1.11. The minimum Gasteiger partial charge on any atom is -0.452 e. The second kappa shape index (κ2) is 7.99. The summed E-state index contributed by atoms with van der Waals surface area (Å²) in [6.45, 7) is 8.85. The Bertz CT molecular complexity index is 673. The van der Waals surface area contributed by atoms with Crippen molar-refractivity contribution in [3.8, 4) is 0 Å². The summed E-state index contributed by atoms with van der Waals surface area (Å²) in [6.07, 6.45) is 3.05. The summed E-state index contributed by atoms with van der Waals surface area (Å²) in [6, 6.07) is 0.324. The van der Waals surface area contributed by atoms with Gasteiger partial charge in [0.2, 0.25) is 5.91 Å². The minimum atomic E-state index is -0.573. The average molecular weight is 366 g/mol. The van der Waals surface area contributed by atoms with Crippen LogP contribution in [0.4, 0.5) is 5.00 Å². The van der Waals surface area contributed by atoms with Crippen molar-refractivity contribution in [1.29, 1.82) is 0 Å². The first-order chi connectivity index (χ1) is 11.7. The van der Waals surface area contributed by atoms with Crippen LogP contribution in [0.15, 0.2) is 0 Å². The van der Waals surface area contributed by atoms with Gasteiger partial charge in [-0.1, -0.05) is 0 Å². The van der Waals surface area contributed by atoms with Crippen LogP contribution in [0.2, 0.25) is 0 Å². The van der Waals surface area contributed by atoms with E-state index in [1.165, 1.54) is 18.3 Å². The summed E-state index contributed by atoms with van der Waals surface area (Å²) < 4.78 is 5.28. The third-order valence-corrected chi connectivity index (χ3v) is 5.81. The van der Waals surface area contributed by atoms with E-state index in [1.54, 1.807) is 0 Å². The Hall–Kier alpha value is -1.89. The normalized spacial score (nSPS) is 20.3. The number of likely N-dealkylation sites (tertiary alicyclic amines) is 1. The molecule has 1 fully saturated rings. The Balaban J connectivity index is 2.07. The zero-order valence-corrected chi connectivity index (χ0v) is 16.3. The Morgan fingerprint density at radius 2 is 1.80 bits per heavy atom. The van der Waals surface area contributed by atoms with Crippen molar-refractivity contribution in [1.82, 2.24) is 4.90 Å². The molecule has 2 heterocycles. The van der Waals surface area contributed by atoms with E-state index in [2.05, 4.69) is 5.32 Å². The monoisotopic (exact) mass is 366 g/mol. The molecule has 2 atom stereocenters. The Kier molecular flexibility index (Phi) is 6.21. The third-order valence-electron chi connectivity index (χ3n) is 4.69. The fourth-order valence-electron chi connectivity index (χ4n) is 3.31. The second-order valence-corrected chi connectivity index (χ2v) is 7.90. The summed E-state index contributed by atoms with van der Waals surface area (Å²) >= 11 is 1.33. The van der Waals surface area contributed by atoms with Gasteiger partial charge in [0, 0.05) is 23.9 Å². The van der Waals surface area contributed by atoms with E-state index < -0.39 is 5.97 Å². The molecule has 2 amide bonds. The molecule has 1 saturated heterocycles. The van der Waals surface area contributed by atoms with E-state index >= 15 is 0 Å². The maximum Gasteiger partial charge on any atom is 0.341 e. The maximum absolute atomic E-state index is 12.5. The van der Waals surface area contributed by atoms with Gasteiger partial charge in [-0.3, -0.25) is 9.59 Å². The number of hydrogen-bond donors (Lipinski definition) is 1. The molecule has 7 heteroatoms. The van der Waals surface area contributed by atoms with Crippen molar-refractivity contribution in [3.05, 3.63) is 16.0 Å². The van der Waals surface area contributed by atoms with Crippen LogP contribution in [0.3, 0.4) is 0 Å². The number of esters is 1. The van der Waals surface area contributed by atoms with Gasteiger partial charge in [-0.25, -0.2) is 4.79 Å². The lowest BCUT2D eigenvalue weighted by atomic mass is 9.97. The highest BCUT2D eigenvalue weighted by molar-refractivity contribution is 7.16. The first kappa shape index (κ1) is 19.4. The standard InChI is InChI=1S/C18H26N2O4S/c1-10-7-6-8-11(2)20(10)15(22)9-24-18(23)16-12(3)13(4)25-17(16)19-14(5)21/h10-11H,6-9H2,1-5H3,(H,19,21). The number of carbonyl (C=O) groups excluding carboxylic acids is 3. The molecule has 0 radical (unpaired) electrons. The molecule has 2 rings (SSSR count). The van der Waals surface area contributed by atoms with Gasteiger partial charge in [0.05, 0.1) is 5.56 Å². The number of rotatable bonds is 4. The van der Waals surface area contributed by atoms with Gasteiger partial charge in [0.1, 0.15) is 5.00 Å². The first-order valence-electron chi connectivity index (χ1n) is 8.58. The lowest BCUT2D eigenvalue weighted by molar-refractivity contribution is -0.140. The van der Waals surface area contributed by atoms with Crippen molar-refractivity contribution >= 4 is 34.1 Å². The molecule has 1 aliphatic heterocycles. The van der Waals surface area contributed by atoms with Crippen LogP contribution in [0.25, 0.3) is 0 Å². The molecule has 1 N–H and O–H groups in total. The largest absolute Gasteiger partial charge is 0.452 e. The quantitative estimate of drug-likeness (QED) is 0.830. The van der Waals surface area contributed by atoms with Crippen LogP contribution in [-0.2, 0) is 14.3 Å². The van der Waals surface area contributed by atoms with Gasteiger partial charge in [-0.15, -0.1) is 11.3 Å². The Morgan fingerprint density at radius 1 is 1.20 bits per heavy atom. The molecular formula is C18H26N2O4S. The molecule has 0 spiro atoms. The number of piperidine rings is 1. The van der Waals surface area contributed by atoms with Gasteiger partial charge < -0.3 is 15.0 Å². The predicted octanol–water partition coefficient (Wildman–Crippen LogP) is 3.27. The van der Waals surface area contributed by atoms with Crippen LogP contribution in [0.1, 0.15) is 60.8 Å². The van der Waals surface area contributed by atoms with E-state index in [4.69, 9.17) is 4.74 Å². The van der Waals surface area contributed by atoms with Crippen molar-refractivity contribution < 1.29 is 19.1 Å². The number of nitrogens with zero attached hydrogens (tertiary/aromatic N) is 1. The lowest BCUT2D eigenvalue weighted by Gasteiger charge is -2.38. The van der Waals surface area contributed by atoms with E-state index in [0.29, 0.717) is 10.6 Å². The molecule has 0 saturated carbocycles. The molecule has 0 bridgehead atoms. The van der Waals surface area contributed by atoms with E-state index in [-0.39, 0.29) is 30.5 Å². The van der Waals surface area contributed by atoms with Gasteiger partial charge in [-0.05, 0) is 52.5 Å². The average Bonchev–Trinajstić information content (AvgIpc) is 2.78. The van der Waals surface area contributed by atoms with Crippen LogP contribution < -0.4 is 5.32 Å². The molecule has 0 aromatic carbocycles. The SMILES string of the molecule is CC(=O)Nc1sc(C)c(C)c1C(=O)OCC(=O)N1C(C)CCCC1C. The highest BCUT2D eigenvalue weighted by Crippen LogP contribution is 2.33. The Labute approximate surface area is 152 Å². The summed E-state index contributed by atoms with van der Waals surface area (Å²) in [5.74, 6) is -0.989. The lowest BCUT2D eigenvalue weighted by Crippen LogP contribution is -2.49. The van der Waals surface area contributed by atoms with Crippen molar-refractivity contribution in [2.24, 2.45) is 0 Å². The summed E-state index contributed by atoms with van der Waals surface area (Å²) in [5, 5.41) is 3.14. The van der Waals surface area contributed by atoms with Crippen molar-refractivity contribution in [2.75, 3.05) is 11.9 Å². The molecule has 138 valence electrons. The van der Waals surface area contributed by atoms with Gasteiger partial charge in [0.15, 0.2) is 6.61 Å². The number of hydrogen-bond acceptors (Lipinski definition) is 5. The van der Waals surface area contributed by atoms with E-state index in [0.717, 1.165) is 29.7 Å². The van der Waals surface area contributed by atoms with Gasteiger partial charge in [-0.2, -0.15) is 0 Å². The van der Waals surface area contributed by atoms with E-state index in [1.807, 2.05) is 32.6 Å². The number of carbonyl (C=O) groups is 3. The molecule has 6 nitrogen and oxygen atoms in total. The number of aryl methyl sites for hydroxylation is 1. The van der Waals surface area contributed by atoms with Crippen LogP contribution in [-0.4, -0.2) is 41.4 Å². The van der Waals surface area contributed by atoms with Crippen molar-refractivity contribution in [2.45, 2.75) is 66.0 Å². The van der Waals surface area contributed by atoms with Crippen molar-refractivity contribution in [3.63, 3.8) is 0 Å². The fraction of sp³-hybridized carbons (Fsp3) is 0.611. The van der Waals surface area contributed by atoms with E-state index in [9.17, 15) is 14.4 Å². The highest BCUT2D eigenvalue weighted by Gasteiger charge is 2.30. The third kappa shape index (κ3) is 4.39. The molecule has 25 heavy (non-hydrogen) atoms. The van der Waals surface area contributed by atoms with Crippen LogP contribution in [0.5, 0.6) is 0 Å². The van der Waals surface area contributed by atoms with Gasteiger partial charge >= 0.3 is 5.97 Å². The number of anilines is 1. The second-order valence-electron chi connectivity index (χ2n) is 6.67. The minimum absolute atomic E-state index is 0.162. The number of thiophene rings is 1.